The number of amides is 1. The van der Waals surface area contributed by atoms with E-state index in [0.29, 0.717) is 34.6 Å². The largest absolute Gasteiger partial charge is 0.497 e. The second-order valence-electron chi connectivity index (χ2n) is 12.1. The van der Waals surface area contributed by atoms with Crippen molar-refractivity contribution in [2.24, 2.45) is 7.05 Å². The van der Waals surface area contributed by atoms with Gasteiger partial charge in [0.1, 0.15) is 28.7 Å². The average Bonchev–Trinajstić information content (AvgIpc) is 3.25. The van der Waals surface area contributed by atoms with Crippen molar-refractivity contribution < 1.29 is 19.0 Å². The van der Waals surface area contributed by atoms with Gasteiger partial charge in [-0.2, -0.15) is 0 Å². The first kappa shape index (κ1) is 29.2. The number of methoxy groups -OCH3 is 2. The van der Waals surface area contributed by atoms with E-state index in [2.05, 4.69) is 55.3 Å². The van der Waals surface area contributed by atoms with Crippen LogP contribution in [0.15, 0.2) is 54.7 Å². The van der Waals surface area contributed by atoms with Crippen molar-refractivity contribution in [2.75, 3.05) is 26.6 Å². The fraction of sp³-hybridized carbons (Fsp3) is 0.406. The van der Waals surface area contributed by atoms with Crippen molar-refractivity contribution in [1.29, 1.82) is 0 Å². The van der Waals surface area contributed by atoms with Crippen LogP contribution in [-0.2, 0) is 7.05 Å². The molecule has 0 unspecified atom stereocenters. The number of carbonyl (C=O) groups is 1. The molecule has 2 aromatic carbocycles. The van der Waals surface area contributed by atoms with Gasteiger partial charge in [-0.1, -0.05) is 0 Å². The number of imidazole rings is 1. The lowest BCUT2D eigenvalue weighted by molar-refractivity contribution is -0.0169. The van der Waals surface area contributed by atoms with E-state index < -0.39 is 0 Å². The van der Waals surface area contributed by atoms with Gasteiger partial charge >= 0.3 is 0 Å². The molecule has 42 heavy (non-hydrogen) atoms. The van der Waals surface area contributed by atoms with Crippen molar-refractivity contribution >= 4 is 28.6 Å². The zero-order chi connectivity index (χ0) is 30.2. The molecule has 0 aliphatic carbocycles. The van der Waals surface area contributed by atoms with Crippen molar-refractivity contribution in [3.05, 3.63) is 60.4 Å². The second kappa shape index (κ2) is 11.2. The summed E-state index contributed by atoms with van der Waals surface area (Å²) in [6, 6.07) is 14.7. The standard InChI is InChI=1S/C32H40N6O4/c1-31(2)18-21(19-32(3,4)38(31)6)34-29(39)27-17-23(11-12-33-27)42-22-9-10-28-26(16-22)36-30(37(28)5)35-20-13-24(40-7)15-25(14-20)41-8/h9-17,21H,18-19H2,1-8H3,(H,34,39)(H,35,36). The predicted molar refractivity (Wildman–Crippen MR) is 164 cm³/mol. The van der Waals surface area contributed by atoms with Crippen LogP contribution in [0.5, 0.6) is 23.0 Å². The van der Waals surface area contributed by atoms with Crippen LogP contribution < -0.4 is 24.8 Å². The van der Waals surface area contributed by atoms with E-state index >= 15 is 0 Å². The number of hydrogen-bond donors (Lipinski definition) is 2. The molecule has 0 spiro atoms. The summed E-state index contributed by atoms with van der Waals surface area (Å²) in [6.07, 6.45) is 3.32. The van der Waals surface area contributed by atoms with Gasteiger partial charge in [0.15, 0.2) is 0 Å². The molecule has 0 saturated carbocycles. The number of pyridine rings is 1. The van der Waals surface area contributed by atoms with Crippen molar-refractivity contribution in [3.8, 4) is 23.0 Å². The van der Waals surface area contributed by atoms with Gasteiger partial charge in [0.2, 0.25) is 5.95 Å². The molecule has 1 aliphatic rings. The zero-order valence-electron chi connectivity index (χ0n) is 25.6. The van der Waals surface area contributed by atoms with Crippen molar-refractivity contribution in [1.82, 2.24) is 24.8 Å². The molecule has 0 bridgehead atoms. The van der Waals surface area contributed by atoms with Gasteiger partial charge in [-0.15, -0.1) is 0 Å². The minimum absolute atomic E-state index is 0.0294. The molecule has 10 nitrogen and oxygen atoms in total. The van der Waals surface area contributed by atoms with Gasteiger partial charge in [-0.25, -0.2) is 4.98 Å². The Labute approximate surface area is 247 Å². The van der Waals surface area contributed by atoms with Gasteiger partial charge in [-0.05, 0) is 65.8 Å². The Balaban J connectivity index is 1.31. The van der Waals surface area contributed by atoms with E-state index in [1.165, 1.54) is 0 Å². The number of rotatable bonds is 8. The Morgan fingerprint density at radius 1 is 0.881 bits per heavy atom. The highest BCUT2D eigenvalue weighted by Gasteiger charge is 2.43. The Morgan fingerprint density at radius 2 is 1.52 bits per heavy atom. The van der Waals surface area contributed by atoms with E-state index in [4.69, 9.17) is 19.2 Å². The Kier molecular flexibility index (Phi) is 7.76. The first-order valence-electron chi connectivity index (χ1n) is 14.0. The Morgan fingerprint density at radius 3 is 2.17 bits per heavy atom. The SMILES string of the molecule is COc1cc(Nc2nc3cc(Oc4ccnc(C(=O)NC5CC(C)(C)N(C)C(C)(C)C5)c4)ccc3n2C)cc(OC)c1. The summed E-state index contributed by atoms with van der Waals surface area (Å²) in [5.74, 6) is 2.93. The third-order valence-electron chi connectivity index (χ3n) is 8.30. The lowest BCUT2D eigenvalue weighted by Crippen LogP contribution is -2.62. The monoisotopic (exact) mass is 572 g/mol. The fourth-order valence-corrected chi connectivity index (χ4v) is 5.83. The molecule has 10 heteroatoms. The lowest BCUT2D eigenvalue weighted by Gasteiger charge is -2.53. The molecule has 1 amide bonds. The smallest absolute Gasteiger partial charge is 0.270 e. The van der Waals surface area contributed by atoms with E-state index in [9.17, 15) is 4.79 Å². The van der Waals surface area contributed by atoms with Crippen molar-refractivity contribution in [2.45, 2.75) is 57.7 Å². The van der Waals surface area contributed by atoms with Crippen molar-refractivity contribution in [3.63, 3.8) is 0 Å². The molecule has 5 rings (SSSR count). The molecular formula is C32H40N6O4. The normalized spacial score (nSPS) is 16.7. The van der Waals surface area contributed by atoms with Crippen LogP contribution in [0, 0.1) is 0 Å². The van der Waals surface area contributed by atoms with Crippen LogP contribution in [-0.4, -0.2) is 63.7 Å². The maximum absolute atomic E-state index is 13.2. The number of likely N-dealkylation sites (tertiary alicyclic amines) is 1. The summed E-state index contributed by atoms with van der Waals surface area (Å²) in [6.45, 7) is 8.86. The topological polar surface area (TPSA) is 103 Å². The van der Waals surface area contributed by atoms with E-state index in [-0.39, 0.29) is 23.0 Å². The number of benzene rings is 2. The summed E-state index contributed by atoms with van der Waals surface area (Å²) in [5.41, 5.74) is 2.74. The third kappa shape index (κ3) is 5.99. The van der Waals surface area contributed by atoms with Crippen LogP contribution in [0.3, 0.4) is 0 Å². The summed E-state index contributed by atoms with van der Waals surface area (Å²) in [7, 11) is 7.32. The van der Waals surface area contributed by atoms with Crippen LogP contribution in [0.1, 0.15) is 51.0 Å². The minimum atomic E-state index is -0.202. The number of piperidine rings is 1. The number of anilines is 2. The summed E-state index contributed by atoms with van der Waals surface area (Å²) >= 11 is 0. The maximum atomic E-state index is 13.2. The number of aryl methyl sites for hydroxylation is 1. The van der Waals surface area contributed by atoms with Crippen LogP contribution >= 0.6 is 0 Å². The number of nitrogens with one attached hydrogen (secondary N) is 2. The fourth-order valence-electron chi connectivity index (χ4n) is 5.83. The first-order chi connectivity index (χ1) is 19.9. The maximum Gasteiger partial charge on any atom is 0.270 e. The van der Waals surface area contributed by atoms with Crippen LogP contribution in [0.25, 0.3) is 11.0 Å². The third-order valence-corrected chi connectivity index (χ3v) is 8.30. The van der Waals surface area contributed by atoms with Gasteiger partial charge in [-0.3, -0.25) is 14.7 Å². The Hall–Kier alpha value is -4.31. The highest BCUT2D eigenvalue weighted by molar-refractivity contribution is 5.92. The van der Waals surface area contributed by atoms with Gasteiger partial charge in [0.05, 0.1) is 25.3 Å². The van der Waals surface area contributed by atoms with E-state index in [1.807, 2.05) is 48.0 Å². The molecule has 0 radical (unpaired) electrons. The molecule has 1 fully saturated rings. The molecule has 2 aromatic heterocycles. The molecule has 0 atom stereocenters. The molecular weight excluding hydrogens is 532 g/mol. The number of carbonyl (C=O) groups excluding carboxylic acids is 1. The quantitative estimate of drug-likeness (QED) is 0.269. The lowest BCUT2D eigenvalue weighted by atomic mass is 9.77. The number of fused-ring (bicyclic) bond motifs is 1. The van der Waals surface area contributed by atoms with E-state index in [1.54, 1.807) is 32.5 Å². The molecule has 4 aromatic rings. The second-order valence-corrected chi connectivity index (χ2v) is 12.1. The molecule has 3 heterocycles. The Bertz CT molecular complexity index is 1570. The summed E-state index contributed by atoms with van der Waals surface area (Å²) in [5, 5.41) is 6.55. The molecule has 1 aliphatic heterocycles. The summed E-state index contributed by atoms with van der Waals surface area (Å²) in [4.78, 5) is 24.7. The molecule has 222 valence electrons. The molecule has 1 saturated heterocycles. The number of ether oxygens (including phenoxy) is 3. The average molecular weight is 573 g/mol. The zero-order valence-corrected chi connectivity index (χ0v) is 25.6. The number of hydrogen-bond acceptors (Lipinski definition) is 8. The number of aromatic nitrogens is 3. The summed E-state index contributed by atoms with van der Waals surface area (Å²) < 4.78 is 18.9. The highest BCUT2D eigenvalue weighted by atomic mass is 16.5. The molecule has 2 N–H and O–H groups in total. The van der Waals surface area contributed by atoms with Crippen LogP contribution in [0.2, 0.25) is 0 Å². The van der Waals surface area contributed by atoms with Gasteiger partial charge in [0, 0.05) is 66.4 Å². The predicted octanol–water partition coefficient (Wildman–Crippen LogP) is 5.90. The van der Waals surface area contributed by atoms with Crippen LogP contribution in [0.4, 0.5) is 11.6 Å². The highest BCUT2D eigenvalue weighted by Crippen LogP contribution is 2.37. The minimum Gasteiger partial charge on any atom is -0.497 e. The van der Waals surface area contributed by atoms with Gasteiger partial charge < -0.3 is 29.4 Å². The number of nitrogens with zero attached hydrogens (tertiary/aromatic N) is 4. The van der Waals surface area contributed by atoms with Gasteiger partial charge in [0.25, 0.3) is 5.91 Å². The first-order valence-corrected chi connectivity index (χ1v) is 14.0. The van der Waals surface area contributed by atoms with E-state index in [0.717, 1.165) is 29.6 Å².